The largest absolute Gasteiger partial charge is 0.465 e. The zero-order valence-electron chi connectivity index (χ0n) is 16.4. The Morgan fingerprint density at radius 2 is 2.00 bits per heavy atom. The number of halogens is 1. The van der Waals surface area contributed by atoms with Crippen molar-refractivity contribution in [3.63, 3.8) is 0 Å². The average molecular weight is 451 g/mol. The molecular formula is C23H19ClN4O2S. The minimum absolute atomic E-state index is 0.198. The van der Waals surface area contributed by atoms with Gasteiger partial charge in [-0.2, -0.15) is 5.10 Å². The van der Waals surface area contributed by atoms with Crippen LogP contribution >= 0.6 is 23.4 Å². The highest BCUT2D eigenvalue weighted by Gasteiger charge is 2.13. The fourth-order valence-corrected chi connectivity index (χ4v) is 3.86. The molecule has 0 atom stereocenters. The normalized spacial score (nSPS) is 11.6. The predicted molar refractivity (Wildman–Crippen MR) is 125 cm³/mol. The first kappa shape index (κ1) is 21.0. The Balaban J connectivity index is 1.40. The number of rotatable bonds is 8. The molecule has 156 valence electrons. The van der Waals surface area contributed by atoms with Crippen molar-refractivity contribution in [2.45, 2.75) is 11.7 Å². The molecule has 0 aliphatic heterocycles. The summed E-state index contributed by atoms with van der Waals surface area (Å²) in [5.41, 5.74) is 5.53. The number of hydrogen-bond acceptors (Lipinski definition) is 5. The molecule has 1 N–H and O–H groups in total. The van der Waals surface area contributed by atoms with Gasteiger partial charge in [-0.1, -0.05) is 47.6 Å². The first-order valence-electron chi connectivity index (χ1n) is 9.53. The Labute approximate surface area is 188 Å². The van der Waals surface area contributed by atoms with E-state index in [-0.39, 0.29) is 11.7 Å². The molecule has 4 aromatic rings. The topological polar surface area (TPSA) is 72.4 Å². The van der Waals surface area contributed by atoms with Crippen molar-refractivity contribution in [1.29, 1.82) is 0 Å². The van der Waals surface area contributed by atoms with Crippen LogP contribution in [0.2, 0.25) is 5.02 Å². The number of hydrogen-bond donors (Lipinski definition) is 1. The molecule has 0 aliphatic carbocycles. The second-order valence-corrected chi connectivity index (χ2v) is 7.95. The van der Waals surface area contributed by atoms with E-state index in [1.807, 2.05) is 54.6 Å². The van der Waals surface area contributed by atoms with Crippen molar-refractivity contribution in [3.05, 3.63) is 89.3 Å². The molecule has 2 aromatic carbocycles. The van der Waals surface area contributed by atoms with Gasteiger partial charge in [0.2, 0.25) is 0 Å². The maximum atomic E-state index is 12.2. The quantitative estimate of drug-likeness (QED) is 0.226. The number of furan rings is 1. The molecule has 0 spiro atoms. The molecule has 2 aromatic heterocycles. The number of imidazole rings is 1. The Hall–Kier alpha value is -3.29. The molecule has 0 saturated heterocycles. The molecule has 2 heterocycles. The van der Waals surface area contributed by atoms with Gasteiger partial charge in [-0.05, 0) is 54.1 Å². The number of para-hydroxylation sites is 2. The summed E-state index contributed by atoms with van der Waals surface area (Å²) in [6.07, 6.45) is 6.54. The number of nitrogens with one attached hydrogen (secondary N) is 1. The van der Waals surface area contributed by atoms with Crippen molar-refractivity contribution >= 4 is 52.6 Å². The van der Waals surface area contributed by atoms with Gasteiger partial charge in [0.15, 0.2) is 5.16 Å². The van der Waals surface area contributed by atoms with E-state index in [1.165, 1.54) is 18.0 Å². The summed E-state index contributed by atoms with van der Waals surface area (Å²) in [7, 11) is 0. The molecule has 6 nitrogen and oxygen atoms in total. The summed E-state index contributed by atoms with van der Waals surface area (Å²) >= 11 is 7.38. The summed E-state index contributed by atoms with van der Waals surface area (Å²) in [4.78, 5) is 16.9. The fraction of sp³-hybridized carbons (Fsp3) is 0.0870. The van der Waals surface area contributed by atoms with Gasteiger partial charge in [0, 0.05) is 11.2 Å². The average Bonchev–Trinajstić information content (AvgIpc) is 3.42. The molecule has 8 heteroatoms. The number of nitrogens with zero attached hydrogens (tertiary/aromatic N) is 3. The minimum atomic E-state index is -0.210. The maximum absolute atomic E-state index is 12.2. The summed E-state index contributed by atoms with van der Waals surface area (Å²) in [6, 6.07) is 19.3. The summed E-state index contributed by atoms with van der Waals surface area (Å²) < 4.78 is 7.28. The number of fused-ring (bicyclic) bond motifs is 1. The monoisotopic (exact) mass is 450 g/mol. The van der Waals surface area contributed by atoms with Crippen LogP contribution in [0.1, 0.15) is 11.3 Å². The minimum Gasteiger partial charge on any atom is -0.465 e. The summed E-state index contributed by atoms with van der Waals surface area (Å²) in [5.74, 6) is 0.703. The van der Waals surface area contributed by atoms with Gasteiger partial charge in [0.05, 0.1) is 29.6 Å². The highest BCUT2D eigenvalue weighted by molar-refractivity contribution is 7.99. The number of amides is 1. The smallest absolute Gasteiger partial charge is 0.250 e. The standard InChI is InChI=1S/C23H19ClN4O2S/c24-18-11-9-17(10-12-18)15-28-21-8-2-1-7-20(21)26-23(28)31-16-22(29)27-25-13-3-5-19-6-4-14-30-19/h1-14H,15-16H2,(H,27,29)/b5-3-,25-13+. The molecule has 0 radical (unpaired) electrons. The summed E-state index contributed by atoms with van der Waals surface area (Å²) in [5, 5.41) is 5.39. The van der Waals surface area contributed by atoms with Crippen LogP contribution in [0.4, 0.5) is 0 Å². The predicted octanol–water partition coefficient (Wildman–Crippen LogP) is 5.24. The van der Waals surface area contributed by atoms with E-state index < -0.39 is 0 Å². The van der Waals surface area contributed by atoms with E-state index in [0.717, 1.165) is 21.8 Å². The highest BCUT2D eigenvalue weighted by Crippen LogP contribution is 2.25. The number of aromatic nitrogens is 2. The molecule has 0 unspecified atom stereocenters. The number of benzene rings is 2. The first-order chi connectivity index (χ1) is 15.2. The van der Waals surface area contributed by atoms with Gasteiger partial charge in [-0.25, -0.2) is 10.4 Å². The van der Waals surface area contributed by atoms with Gasteiger partial charge in [0.1, 0.15) is 5.76 Å². The number of hydrazone groups is 1. The van der Waals surface area contributed by atoms with Crippen LogP contribution in [-0.2, 0) is 11.3 Å². The van der Waals surface area contributed by atoms with E-state index >= 15 is 0 Å². The van der Waals surface area contributed by atoms with E-state index in [0.29, 0.717) is 17.3 Å². The van der Waals surface area contributed by atoms with Crippen molar-refractivity contribution in [2.75, 3.05) is 5.75 Å². The third kappa shape index (κ3) is 5.65. The number of carbonyl (C=O) groups is 1. The van der Waals surface area contributed by atoms with Crippen molar-refractivity contribution in [1.82, 2.24) is 15.0 Å². The van der Waals surface area contributed by atoms with Crippen LogP contribution in [0.25, 0.3) is 17.1 Å². The lowest BCUT2D eigenvalue weighted by atomic mass is 10.2. The molecule has 31 heavy (non-hydrogen) atoms. The van der Waals surface area contributed by atoms with Gasteiger partial charge in [0.25, 0.3) is 5.91 Å². The Kier molecular flexibility index (Phi) is 6.86. The molecule has 0 aliphatic rings. The molecular weight excluding hydrogens is 432 g/mol. The zero-order chi connectivity index (χ0) is 21.5. The molecule has 0 saturated carbocycles. The Morgan fingerprint density at radius 3 is 2.81 bits per heavy atom. The number of thioether (sulfide) groups is 1. The summed E-state index contributed by atoms with van der Waals surface area (Å²) in [6.45, 7) is 0.636. The Morgan fingerprint density at radius 1 is 1.16 bits per heavy atom. The third-order valence-electron chi connectivity index (χ3n) is 4.36. The highest BCUT2D eigenvalue weighted by atomic mass is 35.5. The van der Waals surface area contributed by atoms with Crippen LogP contribution in [0.3, 0.4) is 0 Å². The van der Waals surface area contributed by atoms with Crippen LogP contribution in [-0.4, -0.2) is 27.4 Å². The fourth-order valence-electron chi connectivity index (χ4n) is 2.93. The van der Waals surface area contributed by atoms with Crippen molar-refractivity contribution < 1.29 is 9.21 Å². The lowest BCUT2D eigenvalue weighted by Crippen LogP contribution is -2.19. The maximum Gasteiger partial charge on any atom is 0.250 e. The molecule has 4 rings (SSSR count). The zero-order valence-corrected chi connectivity index (χ0v) is 18.0. The second-order valence-electron chi connectivity index (χ2n) is 6.57. The SMILES string of the molecule is O=C(CSc1nc2ccccc2n1Cc1ccc(Cl)cc1)N/N=C/C=C\c1ccco1. The van der Waals surface area contributed by atoms with E-state index in [9.17, 15) is 4.79 Å². The number of carbonyl (C=O) groups excluding carboxylic acids is 1. The van der Waals surface area contributed by atoms with Gasteiger partial charge < -0.3 is 8.98 Å². The van der Waals surface area contributed by atoms with Crippen molar-refractivity contribution in [2.24, 2.45) is 5.10 Å². The van der Waals surface area contributed by atoms with Crippen LogP contribution in [0.5, 0.6) is 0 Å². The van der Waals surface area contributed by atoms with E-state index in [1.54, 1.807) is 24.5 Å². The lowest BCUT2D eigenvalue weighted by Gasteiger charge is -2.09. The molecule has 0 bridgehead atoms. The number of allylic oxidation sites excluding steroid dienone is 1. The van der Waals surface area contributed by atoms with Gasteiger partial charge in [-0.15, -0.1) is 0 Å². The van der Waals surface area contributed by atoms with Crippen LogP contribution in [0, 0.1) is 0 Å². The van der Waals surface area contributed by atoms with Crippen LogP contribution in [0.15, 0.2) is 87.7 Å². The Bertz CT molecular complexity index is 1210. The molecule has 1 amide bonds. The van der Waals surface area contributed by atoms with E-state index in [4.69, 9.17) is 21.0 Å². The lowest BCUT2D eigenvalue weighted by molar-refractivity contribution is -0.118. The van der Waals surface area contributed by atoms with E-state index in [2.05, 4.69) is 15.1 Å². The molecule has 0 fully saturated rings. The van der Waals surface area contributed by atoms with Crippen LogP contribution < -0.4 is 5.43 Å². The third-order valence-corrected chi connectivity index (χ3v) is 5.59. The van der Waals surface area contributed by atoms with Crippen molar-refractivity contribution in [3.8, 4) is 0 Å². The second kappa shape index (κ2) is 10.1. The van der Waals surface area contributed by atoms with Gasteiger partial charge in [-0.3, -0.25) is 4.79 Å². The van der Waals surface area contributed by atoms with Gasteiger partial charge >= 0.3 is 0 Å². The first-order valence-corrected chi connectivity index (χ1v) is 10.9.